The normalized spacial score (nSPS) is 13.6. The van der Waals surface area contributed by atoms with Gasteiger partial charge < -0.3 is 24.6 Å². The fourth-order valence-corrected chi connectivity index (χ4v) is 3.69. The van der Waals surface area contributed by atoms with Crippen molar-refractivity contribution in [2.45, 2.75) is 0 Å². The van der Waals surface area contributed by atoms with Crippen LogP contribution >= 0.6 is 11.6 Å². The molecule has 2 aromatic carbocycles. The molecule has 0 aliphatic carbocycles. The molecule has 2 heterocycles. The van der Waals surface area contributed by atoms with E-state index in [1.807, 2.05) is 42.5 Å². The highest BCUT2D eigenvalue weighted by Crippen LogP contribution is 2.34. The van der Waals surface area contributed by atoms with E-state index in [0.29, 0.717) is 48.4 Å². The number of piperazine rings is 1. The Morgan fingerprint density at radius 1 is 0.906 bits per heavy atom. The molecule has 9 heteroatoms. The number of hydrogen-bond donors (Lipinski definition) is 1. The lowest BCUT2D eigenvalue weighted by atomic mass is 10.1. The summed E-state index contributed by atoms with van der Waals surface area (Å²) >= 11 is 5.95. The SMILES string of the molecule is COc1cccc(OC)c1NC(=O)N1CCN(c2ccc(-c3ccc(Cl)cc3)nn2)CC1. The monoisotopic (exact) mass is 453 g/mol. The summed E-state index contributed by atoms with van der Waals surface area (Å²) in [6.07, 6.45) is 0. The molecular formula is C23H24ClN5O3. The second-order valence-electron chi connectivity index (χ2n) is 7.23. The van der Waals surface area contributed by atoms with E-state index in [2.05, 4.69) is 20.4 Å². The van der Waals surface area contributed by atoms with Crippen molar-refractivity contribution in [2.24, 2.45) is 0 Å². The second kappa shape index (κ2) is 9.74. The number of carbonyl (C=O) groups excluding carboxylic acids is 1. The number of nitrogens with zero attached hydrogens (tertiary/aromatic N) is 4. The van der Waals surface area contributed by atoms with Gasteiger partial charge in [0.05, 0.1) is 19.9 Å². The number of aromatic nitrogens is 2. The molecule has 1 saturated heterocycles. The molecule has 1 N–H and O–H groups in total. The number of urea groups is 1. The predicted octanol–water partition coefficient (Wildman–Crippen LogP) is 4.17. The van der Waals surface area contributed by atoms with Crippen LogP contribution in [0.2, 0.25) is 5.02 Å². The molecule has 3 aromatic rings. The van der Waals surface area contributed by atoms with Crippen LogP contribution in [0.5, 0.6) is 11.5 Å². The number of hydrogen-bond acceptors (Lipinski definition) is 6. The first-order chi connectivity index (χ1) is 15.6. The summed E-state index contributed by atoms with van der Waals surface area (Å²) in [5.74, 6) is 1.88. The van der Waals surface area contributed by atoms with Gasteiger partial charge in [0.25, 0.3) is 0 Å². The van der Waals surface area contributed by atoms with Crippen molar-refractivity contribution in [1.82, 2.24) is 15.1 Å². The van der Waals surface area contributed by atoms with Crippen molar-refractivity contribution in [2.75, 3.05) is 50.6 Å². The highest BCUT2D eigenvalue weighted by molar-refractivity contribution is 6.30. The van der Waals surface area contributed by atoms with Crippen LogP contribution in [0.1, 0.15) is 0 Å². The Labute approximate surface area is 191 Å². The maximum atomic E-state index is 12.8. The highest BCUT2D eigenvalue weighted by Gasteiger charge is 2.24. The zero-order valence-electron chi connectivity index (χ0n) is 17.9. The quantitative estimate of drug-likeness (QED) is 0.624. The van der Waals surface area contributed by atoms with Gasteiger partial charge in [0.15, 0.2) is 5.82 Å². The number of carbonyl (C=O) groups is 1. The van der Waals surface area contributed by atoms with E-state index in [1.165, 1.54) is 0 Å². The van der Waals surface area contributed by atoms with Crippen LogP contribution in [0.4, 0.5) is 16.3 Å². The lowest BCUT2D eigenvalue weighted by Gasteiger charge is -2.35. The summed E-state index contributed by atoms with van der Waals surface area (Å²) in [6.45, 7) is 2.44. The number of para-hydroxylation sites is 1. The molecule has 0 atom stereocenters. The van der Waals surface area contributed by atoms with Gasteiger partial charge in [-0.25, -0.2) is 4.79 Å². The van der Waals surface area contributed by atoms with Crippen molar-refractivity contribution in [3.63, 3.8) is 0 Å². The number of benzene rings is 2. The second-order valence-corrected chi connectivity index (χ2v) is 7.66. The first-order valence-electron chi connectivity index (χ1n) is 10.2. The largest absolute Gasteiger partial charge is 0.494 e. The topological polar surface area (TPSA) is 79.8 Å². The molecule has 0 bridgehead atoms. The van der Waals surface area contributed by atoms with Crippen LogP contribution in [0.25, 0.3) is 11.3 Å². The third-order valence-electron chi connectivity index (χ3n) is 5.34. The van der Waals surface area contributed by atoms with Crippen LogP contribution in [-0.2, 0) is 0 Å². The Morgan fingerprint density at radius 3 is 2.12 bits per heavy atom. The van der Waals surface area contributed by atoms with Crippen LogP contribution in [0, 0.1) is 0 Å². The van der Waals surface area contributed by atoms with Gasteiger partial charge in [0.2, 0.25) is 0 Å². The smallest absolute Gasteiger partial charge is 0.322 e. The van der Waals surface area contributed by atoms with E-state index in [-0.39, 0.29) is 6.03 Å². The molecule has 0 unspecified atom stereocenters. The minimum atomic E-state index is -0.198. The van der Waals surface area contributed by atoms with Crippen LogP contribution in [0.3, 0.4) is 0 Å². The van der Waals surface area contributed by atoms with E-state index in [9.17, 15) is 4.79 Å². The lowest BCUT2D eigenvalue weighted by molar-refractivity contribution is 0.207. The van der Waals surface area contributed by atoms with Gasteiger partial charge >= 0.3 is 6.03 Å². The Bertz CT molecular complexity index is 1050. The third-order valence-corrected chi connectivity index (χ3v) is 5.59. The van der Waals surface area contributed by atoms with Gasteiger partial charge in [-0.15, -0.1) is 10.2 Å². The number of amides is 2. The highest BCUT2D eigenvalue weighted by atomic mass is 35.5. The summed E-state index contributed by atoms with van der Waals surface area (Å²) in [5, 5.41) is 12.3. The predicted molar refractivity (Wildman–Crippen MR) is 125 cm³/mol. The summed E-state index contributed by atoms with van der Waals surface area (Å²) in [7, 11) is 3.12. The first kappa shape index (κ1) is 21.7. The fraction of sp³-hybridized carbons (Fsp3) is 0.261. The molecule has 0 saturated carbocycles. The van der Waals surface area contributed by atoms with Crippen molar-refractivity contribution in [1.29, 1.82) is 0 Å². The molecule has 1 aromatic heterocycles. The number of nitrogens with one attached hydrogen (secondary N) is 1. The first-order valence-corrected chi connectivity index (χ1v) is 10.6. The molecule has 0 radical (unpaired) electrons. The average molecular weight is 454 g/mol. The molecule has 32 heavy (non-hydrogen) atoms. The van der Waals surface area contributed by atoms with Crippen molar-refractivity contribution < 1.29 is 14.3 Å². The van der Waals surface area contributed by atoms with Gasteiger partial charge in [0.1, 0.15) is 17.2 Å². The van der Waals surface area contributed by atoms with Gasteiger partial charge in [-0.3, -0.25) is 0 Å². The molecule has 1 fully saturated rings. The van der Waals surface area contributed by atoms with E-state index in [0.717, 1.165) is 17.1 Å². The molecule has 1 aliphatic rings. The molecule has 4 rings (SSSR count). The zero-order valence-corrected chi connectivity index (χ0v) is 18.7. The average Bonchev–Trinajstić information content (AvgIpc) is 2.85. The van der Waals surface area contributed by atoms with E-state index in [1.54, 1.807) is 31.3 Å². The van der Waals surface area contributed by atoms with Crippen molar-refractivity contribution in [3.05, 3.63) is 59.6 Å². The Kier molecular flexibility index (Phi) is 6.61. The Balaban J connectivity index is 1.37. The fourth-order valence-electron chi connectivity index (χ4n) is 3.57. The van der Waals surface area contributed by atoms with E-state index in [4.69, 9.17) is 21.1 Å². The Hall–Kier alpha value is -3.52. The summed E-state index contributed by atoms with van der Waals surface area (Å²) < 4.78 is 10.7. The molecule has 1 aliphatic heterocycles. The van der Waals surface area contributed by atoms with Crippen LogP contribution < -0.4 is 19.7 Å². The van der Waals surface area contributed by atoms with Gasteiger partial charge in [-0.1, -0.05) is 29.8 Å². The van der Waals surface area contributed by atoms with E-state index < -0.39 is 0 Å². The standard InChI is InChI=1S/C23H24ClN5O3/c1-31-19-4-3-5-20(32-2)22(19)25-23(30)29-14-12-28(13-15-29)21-11-10-18(26-27-21)16-6-8-17(24)9-7-16/h3-11H,12-15H2,1-2H3,(H,25,30). The maximum absolute atomic E-state index is 12.8. The number of anilines is 2. The number of methoxy groups -OCH3 is 2. The molecule has 0 spiro atoms. The van der Waals surface area contributed by atoms with Gasteiger partial charge in [0, 0.05) is 36.8 Å². The molecule has 8 nitrogen and oxygen atoms in total. The minimum Gasteiger partial charge on any atom is -0.494 e. The van der Waals surface area contributed by atoms with Crippen molar-refractivity contribution in [3.8, 4) is 22.8 Å². The van der Waals surface area contributed by atoms with Crippen molar-refractivity contribution >= 4 is 29.1 Å². The molecule has 166 valence electrons. The lowest BCUT2D eigenvalue weighted by Crippen LogP contribution is -2.50. The molecular weight excluding hydrogens is 430 g/mol. The number of halogens is 1. The van der Waals surface area contributed by atoms with Crippen LogP contribution in [0.15, 0.2) is 54.6 Å². The zero-order chi connectivity index (χ0) is 22.5. The summed E-state index contributed by atoms with van der Waals surface area (Å²) in [5.41, 5.74) is 2.27. The third kappa shape index (κ3) is 4.70. The number of rotatable bonds is 5. The molecule has 2 amide bonds. The number of ether oxygens (including phenoxy) is 2. The van der Waals surface area contributed by atoms with Gasteiger partial charge in [-0.05, 0) is 36.4 Å². The summed E-state index contributed by atoms with van der Waals surface area (Å²) in [4.78, 5) is 16.7. The van der Waals surface area contributed by atoms with E-state index >= 15 is 0 Å². The summed E-state index contributed by atoms with van der Waals surface area (Å²) in [6, 6.07) is 16.6. The Morgan fingerprint density at radius 2 is 1.56 bits per heavy atom. The maximum Gasteiger partial charge on any atom is 0.322 e. The minimum absolute atomic E-state index is 0.198. The van der Waals surface area contributed by atoms with Crippen LogP contribution in [-0.4, -0.2) is 61.5 Å². The van der Waals surface area contributed by atoms with Gasteiger partial charge in [-0.2, -0.15) is 0 Å².